The molecule has 1 aromatic heterocycles. The van der Waals surface area contributed by atoms with Gasteiger partial charge in [-0.2, -0.15) is 23.9 Å². The Balaban J connectivity index is 0.000000302. The molecule has 0 amide bonds. The SMILES string of the molecule is Cc1[c-]c(C2[N-]C=Cc3cc(C4CCC5(CCCC5)CC4)ccc32)c2oc3ccccc3c2c1.[CH-]=C(/C=C(\[CH2-])C(C)C)C(C)C.[Ir]. The van der Waals surface area contributed by atoms with Crippen LogP contribution in [-0.4, -0.2) is 0 Å². The Hall–Kier alpha value is -3.00. The molecule has 1 atom stereocenters. The molecule has 2 nitrogen and oxygen atoms in total. The molecule has 245 valence electrons. The molecule has 1 spiro atoms. The van der Waals surface area contributed by atoms with E-state index in [-0.39, 0.29) is 26.1 Å². The fourth-order valence-electron chi connectivity index (χ4n) is 7.62. The number of hydrogen-bond donors (Lipinski definition) is 0. The molecule has 2 aliphatic carbocycles. The summed E-state index contributed by atoms with van der Waals surface area (Å²) in [5.41, 5.74) is 10.8. The van der Waals surface area contributed by atoms with Crippen molar-refractivity contribution in [1.82, 2.24) is 0 Å². The fraction of sp³-hybridized carbons (Fsp3) is 0.419. The van der Waals surface area contributed by atoms with Gasteiger partial charge in [0.1, 0.15) is 5.58 Å². The van der Waals surface area contributed by atoms with E-state index in [1.54, 1.807) is 0 Å². The zero-order valence-electron chi connectivity index (χ0n) is 28.3. The number of para-hydroxylation sites is 1. The van der Waals surface area contributed by atoms with Crippen LogP contribution in [0.5, 0.6) is 0 Å². The van der Waals surface area contributed by atoms with Crippen LogP contribution in [0.1, 0.15) is 119 Å². The van der Waals surface area contributed by atoms with E-state index in [4.69, 9.17) is 16.3 Å². The second-order valence-electron chi connectivity index (χ2n) is 14.5. The Morgan fingerprint density at radius 2 is 1.70 bits per heavy atom. The van der Waals surface area contributed by atoms with Gasteiger partial charge in [-0.25, -0.2) is 24.1 Å². The molecule has 1 unspecified atom stereocenters. The first-order valence-corrected chi connectivity index (χ1v) is 17.1. The molecule has 2 heterocycles. The summed E-state index contributed by atoms with van der Waals surface area (Å²) in [5.74, 6) is 1.62. The van der Waals surface area contributed by atoms with E-state index < -0.39 is 0 Å². The monoisotopic (exact) mass is 788 g/mol. The molecule has 3 aromatic carbocycles. The normalized spacial score (nSPS) is 19.2. The molecule has 0 bridgehead atoms. The third-order valence-electron chi connectivity index (χ3n) is 10.7. The van der Waals surface area contributed by atoms with E-state index in [2.05, 4.69) is 90.1 Å². The van der Waals surface area contributed by atoms with E-state index in [1.807, 2.05) is 24.4 Å². The number of nitrogens with zero attached hydrogens (tertiary/aromatic N) is 1. The van der Waals surface area contributed by atoms with Crippen LogP contribution in [0, 0.1) is 43.7 Å². The van der Waals surface area contributed by atoms with Gasteiger partial charge in [0.2, 0.25) is 0 Å². The number of aryl methyl sites for hydroxylation is 1. The zero-order chi connectivity index (χ0) is 31.7. The Morgan fingerprint density at radius 3 is 2.39 bits per heavy atom. The smallest absolute Gasteiger partial charge is 0.116 e. The van der Waals surface area contributed by atoms with Crippen LogP contribution < -0.4 is 0 Å². The van der Waals surface area contributed by atoms with Gasteiger partial charge in [0.25, 0.3) is 0 Å². The summed E-state index contributed by atoms with van der Waals surface area (Å²) in [7, 11) is 0. The average molecular weight is 788 g/mol. The van der Waals surface area contributed by atoms with E-state index in [0.717, 1.165) is 44.2 Å². The van der Waals surface area contributed by atoms with Gasteiger partial charge in [-0.15, -0.1) is 5.56 Å². The second-order valence-corrected chi connectivity index (χ2v) is 14.5. The molecule has 46 heavy (non-hydrogen) atoms. The third-order valence-corrected chi connectivity index (χ3v) is 10.7. The number of benzene rings is 3. The van der Waals surface area contributed by atoms with Crippen molar-refractivity contribution in [3.63, 3.8) is 0 Å². The van der Waals surface area contributed by atoms with Crippen LogP contribution >= 0.6 is 0 Å². The Morgan fingerprint density at radius 1 is 0.978 bits per heavy atom. The first kappa shape index (κ1) is 34.3. The van der Waals surface area contributed by atoms with Crippen molar-refractivity contribution in [3.8, 4) is 0 Å². The quantitative estimate of drug-likeness (QED) is 0.146. The molecule has 7 rings (SSSR count). The molecule has 2 saturated carbocycles. The molecule has 2 fully saturated rings. The van der Waals surface area contributed by atoms with Crippen molar-refractivity contribution in [2.75, 3.05) is 0 Å². The van der Waals surface area contributed by atoms with E-state index in [1.165, 1.54) is 68.1 Å². The van der Waals surface area contributed by atoms with Crippen LogP contribution in [0.25, 0.3) is 33.3 Å². The standard InChI is InChI=1S/C32H31NO.C11H18.Ir/c1-21-18-27-26-6-2-3-7-29(26)34-31(27)28(19-21)30-25-9-8-23(20-24(25)12-17-33-30)22-10-15-32(16-11-22)13-4-5-14-32;1-8(2)10(5)7-11(6)9(3)4;/h2-3,6-9,12,17-18,20,22,30H,4-5,10-11,13-16H2,1H3;5,7-9H,6H2,1-4H3;/q2*-2;/b;11-7+;. The van der Waals surface area contributed by atoms with Crippen molar-refractivity contribution in [3.05, 3.63) is 125 Å². The van der Waals surface area contributed by atoms with Crippen molar-refractivity contribution in [2.24, 2.45) is 17.3 Å². The maximum Gasteiger partial charge on any atom is 0.116 e. The Labute approximate surface area is 291 Å². The fourth-order valence-corrected chi connectivity index (χ4v) is 7.62. The summed E-state index contributed by atoms with van der Waals surface area (Å²) in [6, 6.07) is 21.2. The molecule has 0 N–H and O–H groups in total. The number of allylic oxidation sites excluding steroid dienone is 3. The Bertz CT molecular complexity index is 1740. The van der Waals surface area contributed by atoms with E-state index >= 15 is 0 Å². The van der Waals surface area contributed by atoms with Gasteiger partial charge in [0.15, 0.2) is 0 Å². The van der Waals surface area contributed by atoms with E-state index in [0.29, 0.717) is 23.2 Å². The predicted molar refractivity (Wildman–Crippen MR) is 191 cm³/mol. The van der Waals surface area contributed by atoms with Gasteiger partial charge in [0, 0.05) is 31.1 Å². The number of furan rings is 1. The maximum absolute atomic E-state index is 6.36. The van der Waals surface area contributed by atoms with Crippen LogP contribution in [0.3, 0.4) is 0 Å². The molecular weight excluding hydrogens is 739 g/mol. The Kier molecular flexibility index (Phi) is 10.8. The first-order chi connectivity index (χ1) is 21.6. The summed E-state index contributed by atoms with van der Waals surface area (Å²) in [6.07, 6.45) is 17.5. The molecule has 4 aromatic rings. The third kappa shape index (κ3) is 7.12. The van der Waals surface area contributed by atoms with Gasteiger partial charge in [-0.1, -0.05) is 119 Å². The maximum atomic E-state index is 6.36. The minimum atomic E-state index is -0.0786. The zero-order valence-corrected chi connectivity index (χ0v) is 30.7. The number of hydrogen-bond acceptors (Lipinski definition) is 1. The summed E-state index contributed by atoms with van der Waals surface area (Å²) in [5, 5.41) is 7.24. The molecule has 1 aliphatic heterocycles. The van der Waals surface area contributed by atoms with Crippen molar-refractivity contribution >= 4 is 28.0 Å². The molecule has 3 heteroatoms. The van der Waals surface area contributed by atoms with Crippen LogP contribution in [0.4, 0.5) is 0 Å². The molecule has 1 radical (unpaired) electrons. The minimum Gasteiger partial charge on any atom is -0.682 e. The van der Waals surface area contributed by atoms with Crippen molar-refractivity contribution in [1.29, 1.82) is 0 Å². The van der Waals surface area contributed by atoms with Gasteiger partial charge in [-0.05, 0) is 67.1 Å². The van der Waals surface area contributed by atoms with Gasteiger partial charge >= 0.3 is 0 Å². The topological polar surface area (TPSA) is 27.2 Å². The largest absolute Gasteiger partial charge is 0.682 e. The average Bonchev–Trinajstić information content (AvgIpc) is 3.65. The molecule has 0 saturated heterocycles. The summed E-state index contributed by atoms with van der Waals surface area (Å²) in [4.78, 5) is 0. The number of fused-ring (bicyclic) bond motifs is 4. The summed E-state index contributed by atoms with van der Waals surface area (Å²) < 4.78 is 6.36. The van der Waals surface area contributed by atoms with E-state index in [9.17, 15) is 0 Å². The first-order valence-electron chi connectivity index (χ1n) is 17.1. The van der Waals surface area contributed by atoms with Gasteiger partial charge < -0.3 is 9.73 Å². The van der Waals surface area contributed by atoms with Gasteiger partial charge in [-0.3, -0.25) is 6.58 Å². The minimum absolute atomic E-state index is 0. The number of rotatable bonds is 5. The van der Waals surface area contributed by atoms with Crippen LogP contribution in [0.2, 0.25) is 0 Å². The van der Waals surface area contributed by atoms with Crippen molar-refractivity contribution in [2.45, 2.75) is 97.9 Å². The second kappa shape index (κ2) is 14.4. The van der Waals surface area contributed by atoms with Crippen molar-refractivity contribution < 1.29 is 24.5 Å². The summed E-state index contributed by atoms with van der Waals surface area (Å²) >= 11 is 0. The molecular formula is C43H49IrNO-4. The molecule has 3 aliphatic rings. The van der Waals surface area contributed by atoms with Crippen LogP contribution in [0.15, 0.2) is 76.4 Å². The summed E-state index contributed by atoms with van der Waals surface area (Å²) in [6.45, 7) is 20.2. The predicted octanol–water partition coefficient (Wildman–Crippen LogP) is 12.8. The van der Waals surface area contributed by atoms with Gasteiger partial charge in [0.05, 0.1) is 0 Å². The van der Waals surface area contributed by atoms with Crippen LogP contribution in [-0.2, 0) is 20.1 Å².